The topological polar surface area (TPSA) is 50.8 Å². The maximum atomic E-state index is 12.7. The summed E-state index contributed by atoms with van der Waals surface area (Å²) in [7, 11) is 1.67. The molecule has 2 aromatic rings. The fourth-order valence-corrected chi connectivity index (χ4v) is 4.05. The summed E-state index contributed by atoms with van der Waals surface area (Å²) in [6.45, 7) is 3.51. The van der Waals surface area contributed by atoms with Crippen molar-refractivity contribution < 1.29 is 14.3 Å². The normalized spacial score (nSPS) is 22.7. The molecule has 27 heavy (non-hydrogen) atoms. The number of rotatable bonds is 5. The van der Waals surface area contributed by atoms with E-state index >= 15 is 0 Å². The molecule has 1 amide bonds. The minimum absolute atomic E-state index is 0.0405. The molecule has 2 heterocycles. The highest BCUT2D eigenvalue weighted by molar-refractivity contribution is 5.95. The summed E-state index contributed by atoms with van der Waals surface area (Å²) in [5.74, 6) is 0.785. The molecule has 2 atom stereocenters. The van der Waals surface area contributed by atoms with E-state index in [9.17, 15) is 4.79 Å². The summed E-state index contributed by atoms with van der Waals surface area (Å²) in [6.07, 6.45) is 2.48. The minimum atomic E-state index is -0.0405. The van der Waals surface area contributed by atoms with Crippen LogP contribution in [0, 0.1) is 0 Å². The van der Waals surface area contributed by atoms with Crippen LogP contribution in [0.4, 0.5) is 0 Å². The molecule has 0 saturated carbocycles. The summed E-state index contributed by atoms with van der Waals surface area (Å²) < 4.78 is 11.1. The molecule has 1 N–H and O–H groups in total. The van der Waals surface area contributed by atoms with Crippen LogP contribution in [0.25, 0.3) is 11.1 Å². The fourth-order valence-electron chi connectivity index (χ4n) is 4.05. The van der Waals surface area contributed by atoms with Crippen LogP contribution < -0.4 is 10.1 Å². The first-order valence-corrected chi connectivity index (χ1v) is 9.62. The Balaban J connectivity index is 1.45. The first kappa shape index (κ1) is 18.0. The van der Waals surface area contributed by atoms with Gasteiger partial charge in [0.05, 0.1) is 32.4 Å². The Morgan fingerprint density at radius 2 is 1.81 bits per heavy atom. The highest BCUT2D eigenvalue weighted by Gasteiger charge is 2.35. The second-order valence-electron chi connectivity index (χ2n) is 7.21. The molecule has 2 saturated heterocycles. The molecule has 2 aromatic carbocycles. The molecule has 5 nitrogen and oxygen atoms in total. The number of carbonyl (C=O) groups is 1. The third-order valence-corrected chi connectivity index (χ3v) is 5.54. The highest BCUT2D eigenvalue weighted by atomic mass is 16.5. The number of amides is 1. The molecule has 0 radical (unpaired) electrons. The number of benzene rings is 2. The standard InChI is InChI=1S/C22H26N2O3/c1-26-21-7-3-2-6-18(21)16-8-10-17(11-9-16)22(25)23-19-14-27-15-20(19)24-12-4-5-13-24/h2-3,6-11,19-20H,4-5,12-15H2,1H3,(H,23,25)/t19-,20-/m0/s1. The number of hydrogen-bond acceptors (Lipinski definition) is 4. The van der Waals surface area contributed by atoms with Crippen molar-refractivity contribution in [2.24, 2.45) is 0 Å². The molecule has 2 aliphatic rings. The van der Waals surface area contributed by atoms with Crippen molar-refractivity contribution in [3.05, 3.63) is 54.1 Å². The average molecular weight is 366 g/mol. The Morgan fingerprint density at radius 1 is 1.07 bits per heavy atom. The van der Waals surface area contributed by atoms with Gasteiger partial charge in [-0.15, -0.1) is 0 Å². The molecule has 5 heteroatoms. The minimum Gasteiger partial charge on any atom is -0.496 e. The lowest BCUT2D eigenvalue weighted by atomic mass is 10.0. The molecule has 4 rings (SSSR count). The molecular weight excluding hydrogens is 340 g/mol. The zero-order chi connectivity index (χ0) is 18.6. The quantitative estimate of drug-likeness (QED) is 0.884. The van der Waals surface area contributed by atoms with Crippen LogP contribution in [0.2, 0.25) is 0 Å². The van der Waals surface area contributed by atoms with E-state index in [0.29, 0.717) is 24.8 Å². The van der Waals surface area contributed by atoms with E-state index < -0.39 is 0 Å². The predicted octanol–water partition coefficient (Wildman–Crippen LogP) is 2.96. The molecule has 2 aliphatic heterocycles. The molecule has 0 unspecified atom stereocenters. The third kappa shape index (κ3) is 3.84. The number of methoxy groups -OCH3 is 1. The average Bonchev–Trinajstić information content (AvgIpc) is 3.39. The van der Waals surface area contributed by atoms with Crippen molar-refractivity contribution in [2.75, 3.05) is 33.4 Å². The molecule has 2 fully saturated rings. The van der Waals surface area contributed by atoms with Crippen LogP contribution in [0.3, 0.4) is 0 Å². The summed E-state index contributed by atoms with van der Waals surface area (Å²) >= 11 is 0. The van der Waals surface area contributed by atoms with Gasteiger partial charge in [-0.2, -0.15) is 0 Å². The van der Waals surface area contributed by atoms with Gasteiger partial charge in [-0.25, -0.2) is 0 Å². The molecule has 142 valence electrons. The van der Waals surface area contributed by atoms with Gasteiger partial charge in [0, 0.05) is 11.1 Å². The van der Waals surface area contributed by atoms with Gasteiger partial charge in [0.25, 0.3) is 5.91 Å². The summed E-state index contributed by atoms with van der Waals surface area (Å²) in [5.41, 5.74) is 2.72. The first-order chi connectivity index (χ1) is 13.3. The van der Waals surface area contributed by atoms with Gasteiger partial charge < -0.3 is 14.8 Å². The largest absolute Gasteiger partial charge is 0.496 e. The molecule has 0 bridgehead atoms. The number of nitrogens with one attached hydrogen (secondary N) is 1. The Bertz CT molecular complexity index is 784. The van der Waals surface area contributed by atoms with Crippen LogP contribution in [0.15, 0.2) is 48.5 Å². The van der Waals surface area contributed by atoms with Gasteiger partial charge >= 0.3 is 0 Å². The molecule has 0 spiro atoms. The maximum Gasteiger partial charge on any atom is 0.251 e. The molecule has 0 aliphatic carbocycles. The monoisotopic (exact) mass is 366 g/mol. The van der Waals surface area contributed by atoms with Crippen LogP contribution in [0.1, 0.15) is 23.2 Å². The van der Waals surface area contributed by atoms with E-state index in [1.807, 2.05) is 48.5 Å². The lowest BCUT2D eigenvalue weighted by molar-refractivity contribution is 0.0916. The van der Waals surface area contributed by atoms with Gasteiger partial charge in [-0.3, -0.25) is 9.69 Å². The van der Waals surface area contributed by atoms with Crippen molar-refractivity contribution in [3.8, 4) is 16.9 Å². The van der Waals surface area contributed by atoms with Crippen molar-refractivity contribution in [3.63, 3.8) is 0 Å². The van der Waals surface area contributed by atoms with Crippen LogP contribution in [0.5, 0.6) is 5.75 Å². The van der Waals surface area contributed by atoms with Gasteiger partial charge in [0.15, 0.2) is 0 Å². The van der Waals surface area contributed by atoms with Gasteiger partial charge in [-0.1, -0.05) is 30.3 Å². The zero-order valence-corrected chi connectivity index (χ0v) is 15.7. The Hall–Kier alpha value is -2.37. The van der Waals surface area contributed by atoms with Gasteiger partial charge in [0.1, 0.15) is 5.75 Å². The number of para-hydroxylation sites is 1. The summed E-state index contributed by atoms with van der Waals surface area (Å²) in [6, 6.07) is 15.9. The van der Waals surface area contributed by atoms with E-state index in [-0.39, 0.29) is 11.9 Å². The number of hydrogen-bond donors (Lipinski definition) is 1. The van der Waals surface area contributed by atoms with Gasteiger partial charge in [-0.05, 0) is 49.7 Å². The smallest absolute Gasteiger partial charge is 0.251 e. The first-order valence-electron chi connectivity index (χ1n) is 9.62. The Labute approximate surface area is 160 Å². The maximum absolute atomic E-state index is 12.7. The van der Waals surface area contributed by atoms with Crippen molar-refractivity contribution >= 4 is 5.91 Å². The van der Waals surface area contributed by atoms with E-state index in [1.54, 1.807) is 7.11 Å². The van der Waals surface area contributed by atoms with E-state index in [1.165, 1.54) is 12.8 Å². The lowest BCUT2D eigenvalue weighted by Crippen LogP contribution is -2.50. The highest BCUT2D eigenvalue weighted by Crippen LogP contribution is 2.29. The zero-order valence-electron chi connectivity index (χ0n) is 15.7. The van der Waals surface area contributed by atoms with Gasteiger partial charge in [0.2, 0.25) is 0 Å². The van der Waals surface area contributed by atoms with Crippen LogP contribution in [-0.4, -0.2) is 56.3 Å². The van der Waals surface area contributed by atoms with E-state index in [2.05, 4.69) is 10.2 Å². The second-order valence-corrected chi connectivity index (χ2v) is 7.21. The number of nitrogens with zero attached hydrogens (tertiary/aromatic N) is 1. The number of ether oxygens (including phenoxy) is 2. The number of carbonyl (C=O) groups excluding carboxylic acids is 1. The van der Waals surface area contributed by atoms with Crippen molar-refractivity contribution in [1.82, 2.24) is 10.2 Å². The second kappa shape index (κ2) is 8.11. The summed E-state index contributed by atoms with van der Waals surface area (Å²) in [4.78, 5) is 15.2. The Morgan fingerprint density at radius 3 is 2.56 bits per heavy atom. The van der Waals surface area contributed by atoms with E-state index in [0.717, 1.165) is 30.0 Å². The lowest BCUT2D eigenvalue weighted by Gasteiger charge is -2.27. The molecular formula is C22H26N2O3. The fraction of sp³-hybridized carbons (Fsp3) is 0.409. The van der Waals surface area contributed by atoms with Crippen LogP contribution in [-0.2, 0) is 4.74 Å². The Kier molecular flexibility index (Phi) is 5.41. The van der Waals surface area contributed by atoms with E-state index in [4.69, 9.17) is 9.47 Å². The summed E-state index contributed by atoms with van der Waals surface area (Å²) in [5, 5.41) is 3.17. The number of likely N-dealkylation sites (tertiary alicyclic amines) is 1. The molecule has 0 aromatic heterocycles. The van der Waals surface area contributed by atoms with Crippen molar-refractivity contribution in [2.45, 2.75) is 24.9 Å². The van der Waals surface area contributed by atoms with Crippen molar-refractivity contribution in [1.29, 1.82) is 0 Å². The predicted molar refractivity (Wildman–Crippen MR) is 105 cm³/mol. The van der Waals surface area contributed by atoms with Crippen LogP contribution >= 0.6 is 0 Å². The SMILES string of the molecule is COc1ccccc1-c1ccc(C(=O)N[C@H]2COC[C@@H]2N2CCCC2)cc1. The third-order valence-electron chi connectivity index (χ3n) is 5.54.